The molecule has 6 nitrogen and oxygen atoms in total. The molecule has 2 rings (SSSR count). The van der Waals surface area contributed by atoms with E-state index in [-0.39, 0.29) is 6.61 Å². The van der Waals surface area contributed by atoms with Crippen molar-refractivity contribution >= 4 is 11.9 Å². The lowest BCUT2D eigenvalue weighted by Gasteiger charge is -2.37. The lowest BCUT2D eigenvalue weighted by Crippen LogP contribution is -2.53. The summed E-state index contributed by atoms with van der Waals surface area (Å²) in [6.45, 7) is 8.14. The molecule has 36 heavy (non-hydrogen) atoms. The SMILES string of the molecule is CCOC(=O)C(C)(C)[C@H](O[C@H](C)[C@H](C)OC(=O)[C@@](OC)(c1ccccc1)C(F)(F)F)c1ccccc1. The Morgan fingerprint density at radius 1 is 0.861 bits per heavy atom. The normalized spacial score (nSPS) is 16.4. The molecule has 0 radical (unpaired) electrons. The molecule has 0 spiro atoms. The second-order valence-corrected chi connectivity index (χ2v) is 8.93. The fourth-order valence-corrected chi connectivity index (χ4v) is 3.78. The van der Waals surface area contributed by atoms with Gasteiger partial charge in [0.2, 0.25) is 0 Å². The van der Waals surface area contributed by atoms with Gasteiger partial charge in [-0.2, -0.15) is 13.2 Å². The van der Waals surface area contributed by atoms with E-state index in [1.54, 1.807) is 58.0 Å². The summed E-state index contributed by atoms with van der Waals surface area (Å²) in [5, 5.41) is 0. The zero-order valence-corrected chi connectivity index (χ0v) is 21.3. The van der Waals surface area contributed by atoms with Gasteiger partial charge in [-0.15, -0.1) is 0 Å². The molecule has 0 unspecified atom stereocenters. The van der Waals surface area contributed by atoms with Crippen molar-refractivity contribution in [1.82, 2.24) is 0 Å². The molecule has 0 saturated carbocycles. The van der Waals surface area contributed by atoms with E-state index in [1.807, 2.05) is 0 Å². The number of carbonyl (C=O) groups excluding carboxylic acids is 2. The first-order chi connectivity index (χ1) is 16.8. The van der Waals surface area contributed by atoms with Crippen molar-refractivity contribution < 1.29 is 41.7 Å². The number of carbonyl (C=O) groups is 2. The highest BCUT2D eigenvalue weighted by atomic mass is 19.4. The molecule has 0 amide bonds. The number of benzene rings is 2. The summed E-state index contributed by atoms with van der Waals surface area (Å²) in [5.74, 6) is -2.12. The molecule has 0 heterocycles. The Balaban J connectivity index is 2.34. The van der Waals surface area contributed by atoms with Crippen LogP contribution in [0, 0.1) is 5.41 Å². The number of hydrogen-bond acceptors (Lipinski definition) is 6. The van der Waals surface area contributed by atoms with Gasteiger partial charge in [-0.25, -0.2) is 4.79 Å². The zero-order valence-electron chi connectivity index (χ0n) is 21.3. The number of hydrogen-bond donors (Lipinski definition) is 0. The molecule has 0 aliphatic carbocycles. The molecular weight excluding hydrogens is 477 g/mol. The zero-order chi connectivity index (χ0) is 27.1. The van der Waals surface area contributed by atoms with Crippen molar-refractivity contribution in [2.24, 2.45) is 5.41 Å². The van der Waals surface area contributed by atoms with E-state index in [9.17, 15) is 22.8 Å². The third-order valence-electron chi connectivity index (χ3n) is 6.04. The summed E-state index contributed by atoms with van der Waals surface area (Å²) in [6.07, 6.45) is -7.95. The molecule has 0 bridgehead atoms. The van der Waals surface area contributed by atoms with Gasteiger partial charge in [-0.1, -0.05) is 60.7 Å². The maximum absolute atomic E-state index is 14.2. The van der Waals surface area contributed by atoms with Crippen molar-refractivity contribution in [3.05, 3.63) is 71.8 Å². The first-order valence-electron chi connectivity index (χ1n) is 11.6. The van der Waals surface area contributed by atoms with Gasteiger partial charge in [0.05, 0.1) is 24.2 Å². The summed E-state index contributed by atoms with van der Waals surface area (Å²) in [5.41, 5.74) is -4.21. The van der Waals surface area contributed by atoms with E-state index in [4.69, 9.17) is 18.9 Å². The van der Waals surface area contributed by atoms with E-state index < -0.39 is 53.0 Å². The quantitative estimate of drug-likeness (QED) is 0.358. The van der Waals surface area contributed by atoms with Crippen LogP contribution in [0.4, 0.5) is 13.2 Å². The highest BCUT2D eigenvalue weighted by Gasteiger charge is 2.64. The van der Waals surface area contributed by atoms with E-state index in [1.165, 1.54) is 25.1 Å². The maximum atomic E-state index is 14.2. The highest BCUT2D eigenvalue weighted by molar-refractivity contribution is 5.83. The Labute approximate surface area is 209 Å². The average Bonchev–Trinajstić information content (AvgIpc) is 2.83. The van der Waals surface area contributed by atoms with Gasteiger partial charge in [0.15, 0.2) is 0 Å². The van der Waals surface area contributed by atoms with Gasteiger partial charge in [0, 0.05) is 12.7 Å². The lowest BCUT2D eigenvalue weighted by atomic mass is 9.82. The number of rotatable bonds is 11. The van der Waals surface area contributed by atoms with Crippen LogP contribution in [0.2, 0.25) is 0 Å². The van der Waals surface area contributed by atoms with Gasteiger partial charge >= 0.3 is 18.1 Å². The monoisotopic (exact) mass is 510 g/mol. The van der Waals surface area contributed by atoms with Gasteiger partial charge in [0.25, 0.3) is 5.60 Å². The molecule has 0 aliphatic heterocycles. The fourth-order valence-electron chi connectivity index (χ4n) is 3.78. The summed E-state index contributed by atoms with van der Waals surface area (Å²) in [7, 11) is 0.805. The maximum Gasteiger partial charge on any atom is 0.432 e. The average molecular weight is 511 g/mol. The van der Waals surface area contributed by atoms with Crippen LogP contribution in [0.5, 0.6) is 0 Å². The van der Waals surface area contributed by atoms with Crippen LogP contribution in [0.15, 0.2) is 60.7 Å². The second kappa shape index (κ2) is 11.9. The van der Waals surface area contributed by atoms with Gasteiger partial charge in [0.1, 0.15) is 6.10 Å². The smallest absolute Gasteiger partial charge is 0.432 e. The molecule has 2 aromatic rings. The molecule has 0 fully saturated rings. The number of halogens is 3. The minimum Gasteiger partial charge on any atom is -0.465 e. The molecule has 198 valence electrons. The molecule has 0 aliphatic rings. The predicted molar refractivity (Wildman–Crippen MR) is 127 cm³/mol. The molecule has 0 aromatic heterocycles. The summed E-state index contributed by atoms with van der Waals surface area (Å²) in [4.78, 5) is 25.7. The number of alkyl halides is 3. The molecule has 0 saturated heterocycles. The first-order valence-corrected chi connectivity index (χ1v) is 11.6. The third-order valence-corrected chi connectivity index (χ3v) is 6.04. The van der Waals surface area contributed by atoms with Crippen molar-refractivity contribution in [1.29, 1.82) is 0 Å². The summed E-state index contributed by atoms with van der Waals surface area (Å²) in [6, 6.07) is 15.5. The number of ether oxygens (including phenoxy) is 4. The first kappa shape index (κ1) is 29.3. The summed E-state index contributed by atoms with van der Waals surface area (Å²) < 4.78 is 64.1. The Bertz CT molecular complexity index is 994. The molecular formula is C27H33F3O6. The predicted octanol–water partition coefficient (Wildman–Crippen LogP) is 5.76. The van der Waals surface area contributed by atoms with E-state index in [0.29, 0.717) is 5.56 Å². The largest absolute Gasteiger partial charge is 0.465 e. The van der Waals surface area contributed by atoms with Crippen molar-refractivity contribution in [3.63, 3.8) is 0 Å². The minimum absolute atomic E-state index is 0.170. The Morgan fingerprint density at radius 2 is 1.39 bits per heavy atom. The minimum atomic E-state index is -5.09. The van der Waals surface area contributed by atoms with Crippen LogP contribution < -0.4 is 0 Å². The van der Waals surface area contributed by atoms with Gasteiger partial charge < -0.3 is 18.9 Å². The second-order valence-electron chi connectivity index (χ2n) is 8.93. The van der Waals surface area contributed by atoms with Crippen LogP contribution in [-0.2, 0) is 34.1 Å². The summed E-state index contributed by atoms with van der Waals surface area (Å²) >= 11 is 0. The molecule has 0 N–H and O–H groups in total. The van der Waals surface area contributed by atoms with Crippen LogP contribution in [0.1, 0.15) is 51.8 Å². The standard InChI is InChI=1S/C27H33F3O6/c1-7-34-23(31)25(4,5)22(20-14-10-8-11-15-20)35-18(2)19(3)36-24(32)26(33-6,27(28,29)30)21-16-12-9-13-17-21/h8-19,22H,7H2,1-6H3/t18-,19+,22-,26+/m1/s1. The van der Waals surface area contributed by atoms with E-state index in [0.717, 1.165) is 19.2 Å². The van der Waals surface area contributed by atoms with E-state index >= 15 is 0 Å². The van der Waals surface area contributed by atoms with Crippen molar-refractivity contribution in [2.75, 3.05) is 13.7 Å². The van der Waals surface area contributed by atoms with E-state index in [2.05, 4.69) is 0 Å². The highest BCUT2D eigenvalue weighted by Crippen LogP contribution is 2.44. The Morgan fingerprint density at radius 3 is 1.86 bits per heavy atom. The van der Waals surface area contributed by atoms with Crippen molar-refractivity contribution in [2.45, 2.75) is 64.7 Å². The van der Waals surface area contributed by atoms with Crippen LogP contribution in [0.3, 0.4) is 0 Å². The van der Waals surface area contributed by atoms with Crippen LogP contribution in [0.25, 0.3) is 0 Å². The van der Waals surface area contributed by atoms with Crippen molar-refractivity contribution in [3.8, 4) is 0 Å². The lowest BCUT2D eigenvalue weighted by molar-refractivity contribution is -0.280. The topological polar surface area (TPSA) is 71.1 Å². The third kappa shape index (κ3) is 6.07. The fraction of sp³-hybridized carbons (Fsp3) is 0.481. The molecule has 4 atom stereocenters. The van der Waals surface area contributed by atoms with Crippen LogP contribution in [-0.4, -0.2) is 44.0 Å². The van der Waals surface area contributed by atoms with Gasteiger partial charge in [-0.3, -0.25) is 4.79 Å². The Hall–Kier alpha value is -2.91. The van der Waals surface area contributed by atoms with Gasteiger partial charge in [-0.05, 0) is 40.2 Å². The Kier molecular flexibility index (Phi) is 9.68. The van der Waals surface area contributed by atoms with Crippen LogP contribution >= 0.6 is 0 Å². The number of esters is 2. The number of methoxy groups -OCH3 is 1. The molecule has 9 heteroatoms. The molecule has 2 aromatic carbocycles.